The molecular weight excluding hydrogens is 360 g/mol. The molecule has 7 heteroatoms. The van der Waals surface area contributed by atoms with Gasteiger partial charge in [-0.15, -0.1) is 11.3 Å². The van der Waals surface area contributed by atoms with Gasteiger partial charge in [-0.25, -0.2) is 14.6 Å². The minimum absolute atomic E-state index is 0.246. The molecule has 1 aliphatic heterocycles. The standard InChI is InChI=1S/C20H18N4O2S/c1-20(2)8-12-13(9-26-20)15(11-6-4-3-5-7-11)23-18-14(12)16-17(27-18)19(25)24(21)10-22-16/h3-7,10H,8-9,21H2,1-2H3. The number of rotatable bonds is 1. The second-order valence-corrected chi connectivity index (χ2v) is 8.42. The fraction of sp³-hybridized carbons (Fsp3) is 0.250. The van der Waals surface area contributed by atoms with Crippen molar-refractivity contribution in [1.29, 1.82) is 0 Å². The molecule has 0 amide bonds. The highest BCUT2D eigenvalue weighted by molar-refractivity contribution is 7.25. The molecule has 136 valence electrons. The van der Waals surface area contributed by atoms with E-state index in [1.165, 1.54) is 23.2 Å². The summed E-state index contributed by atoms with van der Waals surface area (Å²) < 4.78 is 7.66. The Hall–Kier alpha value is -2.77. The van der Waals surface area contributed by atoms with Crippen LogP contribution < -0.4 is 11.4 Å². The van der Waals surface area contributed by atoms with Crippen LogP contribution in [0.15, 0.2) is 41.5 Å². The van der Waals surface area contributed by atoms with Crippen molar-refractivity contribution in [3.05, 3.63) is 58.1 Å². The first kappa shape index (κ1) is 16.4. The fourth-order valence-corrected chi connectivity index (χ4v) is 4.81. The third kappa shape index (κ3) is 2.46. The van der Waals surface area contributed by atoms with E-state index in [0.717, 1.165) is 38.1 Å². The van der Waals surface area contributed by atoms with E-state index in [9.17, 15) is 4.79 Å². The molecule has 6 nitrogen and oxygen atoms in total. The van der Waals surface area contributed by atoms with Gasteiger partial charge in [-0.3, -0.25) is 4.79 Å². The first-order valence-electron chi connectivity index (χ1n) is 8.75. The molecule has 0 saturated carbocycles. The van der Waals surface area contributed by atoms with Crippen LogP contribution in [0.1, 0.15) is 25.0 Å². The lowest BCUT2D eigenvalue weighted by molar-refractivity contribution is -0.0394. The van der Waals surface area contributed by atoms with Crippen LogP contribution in [-0.2, 0) is 17.8 Å². The summed E-state index contributed by atoms with van der Waals surface area (Å²) in [5, 5.41) is 0.957. The van der Waals surface area contributed by atoms with Crippen LogP contribution in [0.3, 0.4) is 0 Å². The SMILES string of the molecule is CC1(C)Cc2c(c(-c3ccccc3)nc3sc4c(=O)n(N)cnc4c23)CO1. The topological polar surface area (TPSA) is 83.0 Å². The molecule has 0 aliphatic carbocycles. The number of nitrogen functional groups attached to an aromatic ring is 1. The van der Waals surface area contributed by atoms with E-state index >= 15 is 0 Å². The van der Waals surface area contributed by atoms with Crippen molar-refractivity contribution in [1.82, 2.24) is 14.6 Å². The lowest BCUT2D eigenvalue weighted by Crippen LogP contribution is -2.32. The maximum absolute atomic E-state index is 12.5. The van der Waals surface area contributed by atoms with Crippen molar-refractivity contribution in [3.8, 4) is 11.3 Å². The average Bonchev–Trinajstić information content (AvgIpc) is 3.03. The van der Waals surface area contributed by atoms with Crippen molar-refractivity contribution in [2.75, 3.05) is 5.84 Å². The van der Waals surface area contributed by atoms with Crippen molar-refractivity contribution < 1.29 is 4.74 Å². The number of benzene rings is 1. The number of ether oxygens (including phenoxy) is 1. The number of nitrogens with zero attached hydrogens (tertiary/aromatic N) is 3. The molecule has 1 aromatic carbocycles. The summed E-state index contributed by atoms with van der Waals surface area (Å²) in [5.74, 6) is 5.72. The van der Waals surface area contributed by atoms with Gasteiger partial charge in [0.25, 0.3) is 5.56 Å². The van der Waals surface area contributed by atoms with E-state index in [2.05, 4.69) is 18.8 Å². The van der Waals surface area contributed by atoms with Gasteiger partial charge in [-0.2, -0.15) is 0 Å². The van der Waals surface area contributed by atoms with Crippen molar-refractivity contribution in [3.63, 3.8) is 0 Å². The number of nitrogens with two attached hydrogens (primary N) is 1. The van der Waals surface area contributed by atoms with Gasteiger partial charge in [0.05, 0.1) is 23.4 Å². The van der Waals surface area contributed by atoms with Crippen molar-refractivity contribution in [2.45, 2.75) is 32.5 Å². The summed E-state index contributed by atoms with van der Waals surface area (Å²) in [4.78, 5) is 22.7. The van der Waals surface area contributed by atoms with Crippen LogP contribution in [0.5, 0.6) is 0 Å². The Balaban J connectivity index is 1.93. The van der Waals surface area contributed by atoms with Crippen molar-refractivity contribution >= 4 is 31.8 Å². The predicted octanol–water partition coefficient (Wildman–Crippen LogP) is 3.24. The normalized spacial score (nSPS) is 15.9. The number of aromatic nitrogens is 3. The Bertz CT molecular complexity index is 1260. The Kier molecular flexibility index (Phi) is 3.41. The summed E-state index contributed by atoms with van der Waals surface area (Å²) in [6.45, 7) is 4.65. The molecule has 0 unspecified atom stereocenters. The zero-order chi connectivity index (χ0) is 18.8. The van der Waals surface area contributed by atoms with Gasteiger partial charge in [0.2, 0.25) is 0 Å². The van der Waals surface area contributed by atoms with Crippen LogP contribution in [0.25, 0.3) is 31.7 Å². The van der Waals surface area contributed by atoms with E-state index in [0.29, 0.717) is 16.8 Å². The molecule has 4 heterocycles. The second-order valence-electron chi connectivity index (χ2n) is 7.43. The van der Waals surface area contributed by atoms with Gasteiger partial charge < -0.3 is 10.6 Å². The third-order valence-corrected chi connectivity index (χ3v) is 6.09. The first-order valence-corrected chi connectivity index (χ1v) is 9.56. The molecule has 0 fully saturated rings. The van der Waals surface area contributed by atoms with E-state index in [4.69, 9.17) is 15.6 Å². The lowest BCUT2D eigenvalue weighted by atomic mass is 9.88. The first-order chi connectivity index (χ1) is 12.9. The van der Waals surface area contributed by atoms with Gasteiger partial charge in [-0.05, 0) is 19.4 Å². The summed E-state index contributed by atoms with van der Waals surface area (Å²) in [6, 6.07) is 10.1. The average molecular weight is 378 g/mol. The third-order valence-electron chi connectivity index (χ3n) is 5.03. The predicted molar refractivity (Wildman–Crippen MR) is 107 cm³/mol. The fourth-order valence-electron chi connectivity index (χ4n) is 3.71. The zero-order valence-electron chi connectivity index (χ0n) is 15.0. The molecule has 4 aromatic rings. The number of thiophene rings is 1. The minimum atomic E-state index is -0.285. The number of fused-ring (bicyclic) bond motifs is 5. The maximum Gasteiger partial charge on any atom is 0.289 e. The maximum atomic E-state index is 12.5. The van der Waals surface area contributed by atoms with Gasteiger partial charge in [0.15, 0.2) is 0 Å². The molecule has 3 aromatic heterocycles. The molecule has 0 saturated heterocycles. The summed E-state index contributed by atoms with van der Waals surface area (Å²) >= 11 is 1.36. The van der Waals surface area contributed by atoms with Crippen LogP contribution in [0.4, 0.5) is 0 Å². The summed E-state index contributed by atoms with van der Waals surface area (Å²) in [5.41, 5.74) is 4.35. The number of hydrogen-bond acceptors (Lipinski definition) is 6. The number of hydrogen-bond donors (Lipinski definition) is 1. The Morgan fingerprint density at radius 2 is 2.00 bits per heavy atom. The molecule has 27 heavy (non-hydrogen) atoms. The molecule has 0 bridgehead atoms. The highest BCUT2D eigenvalue weighted by Gasteiger charge is 2.32. The van der Waals surface area contributed by atoms with Gasteiger partial charge in [0.1, 0.15) is 15.9 Å². The quantitative estimate of drug-likeness (QED) is 0.514. The van der Waals surface area contributed by atoms with Crippen molar-refractivity contribution in [2.24, 2.45) is 0 Å². The second kappa shape index (κ2) is 5.61. The lowest BCUT2D eigenvalue weighted by Gasteiger charge is -2.33. The summed E-state index contributed by atoms with van der Waals surface area (Å²) in [7, 11) is 0. The molecule has 5 rings (SSSR count). The smallest absolute Gasteiger partial charge is 0.289 e. The Morgan fingerprint density at radius 1 is 1.22 bits per heavy atom. The van der Waals surface area contributed by atoms with Crippen LogP contribution in [-0.4, -0.2) is 20.2 Å². The minimum Gasteiger partial charge on any atom is -0.370 e. The molecule has 0 radical (unpaired) electrons. The molecule has 1 aliphatic rings. The number of pyridine rings is 1. The molecule has 0 atom stereocenters. The largest absolute Gasteiger partial charge is 0.370 e. The van der Waals surface area contributed by atoms with Gasteiger partial charge in [-0.1, -0.05) is 30.3 Å². The molecule has 0 spiro atoms. The highest BCUT2D eigenvalue weighted by atomic mass is 32.1. The van der Waals surface area contributed by atoms with Crippen LogP contribution in [0, 0.1) is 0 Å². The Labute approximate surface area is 159 Å². The van der Waals surface area contributed by atoms with E-state index < -0.39 is 0 Å². The van der Waals surface area contributed by atoms with E-state index in [1.54, 1.807) is 0 Å². The van der Waals surface area contributed by atoms with Gasteiger partial charge >= 0.3 is 0 Å². The zero-order valence-corrected chi connectivity index (χ0v) is 15.8. The van der Waals surface area contributed by atoms with E-state index in [1.807, 2.05) is 30.3 Å². The Morgan fingerprint density at radius 3 is 2.78 bits per heavy atom. The van der Waals surface area contributed by atoms with Crippen LogP contribution in [0.2, 0.25) is 0 Å². The highest BCUT2D eigenvalue weighted by Crippen LogP contribution is 2.41. The van der Waals surface area contributed by atoms with E-state index in [-0.39, 0.29) is 11.2 Å². The van der Waals surface area contributed by atoms with Gasteiger partial charge in [0, 0.05) is 22.9 Å². The molecule has 2 N–H and O–H groups in total. The van der Waals surface area contributed by atoms with Crippen LogP contribution >= 0.6 is 11.3 Å². The summed E-state index contributed by atoms with van der Waals surface area (Å²) in [6.07, 6.45) is 2.11. The molecular formula is C20H18N4O2S. The monoisotopic (exact) mass is 378 g/mol.